The van der Waals surface area contributed by atoms with Gasteiger partial charge in [0, 0.05) is 25.7 Å². The number of H-pyrrole nitrogens is 1. The number of amides is 3. The summed E-state index contributed by atoms with van der Waals surface area (Å²) >= 11 is 1.54. The van der Waals surface area contributed by atoms with E-state index in [0.717, 1.165) is 21.5 Å². The molecule has 4 heterocycles. The Morgan fingerprint density at radius 3 is 2.80 bits per heavy atom. The highest BCUT2D eigenvalue weighted by Crippen LogP contribution is 2.46. The van der Waals surface area contributed by atoms with Gasteiger partial charge in [0.05, 0.1) is 21.7 Å². The number of anilines is 1. The van der Waals surface area contributed by atoms with Gasteiger partial charge in [-0.1, -0.05) is 32.0 Å². The van der Waals surface area contributed by atoms with E-state index in [-0.39, 0.29) is 36.6 Å². The minimum atomic E-state index is -0.957. The number of aromatic amines is 1. The molecule has 1 saturated heterocycles. The third kappa shape index (κ3) is 3.69. The predicted octanol–water partition coefficient (Wildman–Crippen LogP) is 3.73. The van der Waals surface area contributed by atoms with Gasteiger partial charge in [0.2, 0.25) is 11.8 Å². The van der Waals surface area contributed by atoms with Crippen LogP contribution in [-0.2, 0) is 15.0 Å². The minimum absolute atomic E-state index is 0.113. The van der Waals surface area contributed by atoms with Crippen LogP contribution in [0.2, 0.25) is 0 Å². The fraction of sp³-hybridized carbons (Fsp3) is 0.385. The highest BCUT2D eigenvalue weighted by molar-refractivity contribution is 7.17. The molecule has 180 valence electrons. The number of thiophene rings is 1. The van der Waals surface area contributed by atoms with E-state index < -0.39 is 17.5 Å². The average Bonchev–Trinajstić information content (AvgIpc) is 3.59. The molecule has 5 rings (SSSR count). The number of benzene rings is 1. The summed E-state index contributed by atoms with van der Waals surface area (Å²) in [5, 5.41) is 14.8. The first kappa shape index (κ1) is 23.1. The molecule has 2 aliphatic rings. The van der Waals surface area contributed by atoms with Gasteiger partial charge in [-0.2, -0.15) is 5.26 Å². The van der Waals surface area contributed by atoms with Crippen LogP contribution in [-0.4, -0.2) is 58.2 Å². The number of rotatable bonds is 5. The van der Waals surface area contributed by atoms with Gasteiger partial charge in [-0.25, -0.2) is 0 Å². The van der Waals surface area contributed by atoms with Crippen LogP contribution in [0.4, 0.5) is 5.69 Å². The maximum absolute atomic E-state index is 13.9. The number of likely N-dealkylation sites (tertiary alicyclic amines) is 1. The first-order valence-electron chi connectivity index (χ1n) is 11.7. The molecule has 0 saturated carbocycles. The van der Waals surface area contributed by atoms with Crippen molar-refractivity contribution in [1.29, 1.82) is 5.26 Å². The lowest BCUT2D eigenvalue weighted by atomic mass is 9.80. The number of carbonyl (C=O) groups excluding carboxylic acids is 3. The van der Waals surface area contributed by atoms with Gasteiger partial charge in [-0.15, -0.1) is 11.3 Å². The number of para-hydroxylation sites is 1. The number of likely N-dealkylation sites (N-methyl/N-ethyl adjacent to an activating group) is 1. The van der Waals surface area contributed by atoms with Crippen molar-refractivity contribution in [2.45, 2.75) is 44.2 Å². The summed E-state index contributed by atoms with van der Waals surface area (Å²) in [6, 6.07) is 11.9. The second-order valence-electron chi connectivity index (χ2n) is 9.84. The minimum Gasteiger partial charge on any atom is -0.350 e. The molecule has 3 amide bonds. The molecule has 0 bridgehead atoms. The number of hydrogen-bond acceptors (Lipinski definition) is 5. The van der Waals surface area contributed by atoms with E-state index in [0.29, 0.717) is 12.1 Å². The molecular formula is C26H27N5O3S. The SMILES string of the molecule is CC(C)C[C@@H](C(=O)N1C[C@]2(C[C@H]1C#N)C(=O)Nc1ccccc12)N(C)C(=O)c1cc2sccc2[nH]1. The Labute approximate surface area is 207 Å². The monoisotopic (exact) mass is 489 g/mol. The highest BCUT2D eigenvalue weighted by atomic mass is 32.1. The number of fused-ring (bicyclic) bond motifs is 3. The van der Waals surface area contributed by atoms with Crippen molar-refractivity contribution in [2.24, 2.45) is 5.92 Å². The molecule has 2 aromatic heterocycles. The number of hydrogen-bond donors (Lipinski definition) is 2. The Balaban J connectivity index is 1.45. The fourth-order valence-corrected chi connectivity index (χ4v) is 6.13. The Morgan fingerprint density at radius 2 is 2.09 bits per heavy atom. The van der Waals surface area contributed by atoms with E-state index >= 15 is 0 Å². The van der Waals surface area contributed by atoms with Gasteiger partial charge in [-0.3, -0.25) is 14.4 Å². The molecule has 2 N–H and O–H groups in total. The summed E-state index contributed by atoms with van der Waals surface area (Å²) in [7, 11) is 1.63. The summed E-state index contributed by atoms with van der Waals surface area (Å²) < 4.78 is 0.977. The van der Waals surface area contributed by atoms with Crippen molar-refractivity contribution >= 4 is 45.0 Å². The third-order valence-electron chi connectivity index (χ3n) is 7.15. The fourth-order valence-electron chi connectivity index (χ4n) is 5.34. The maximum Gasteiger partial charge on any atom is 0.270 e. The van der Waals surface area contributed by atoms with Gasteiger partial charge < -0.3 is 20.1 Å². The molecule has 1 spiro atoms. The zero-order valence-corrected chi connectivity index (χ0v) is 20.7. The Morgan fingerprint density at radius 1 is 1.31 bits per heavy atom. The number of nitriles is 1. The third-order valence-corrected chi connectivity index (χ3v) is 8.02. The standard InChI is InChI=1S/C26H27N5O3S/c1-15(2)10-21(30(3)23(32)20-11-22-19(28-20)8-9-35-22)24(33)31-14-26(12-16(31)13-27)17-6-4-5-7-18(17)29-25(26)34/h4-9,11,15-16,21,28H,10,12,14H2,1-3H3,(H,29,34)/t16-,21-,26-/m0/s1. The van der Waals surface area contributed by atoms with Crippen LogP contribution < -0.4 is 5.32 Å². The molecule has 35 heavy (non-hydrogen) atoms. The summed E-state index contributed by atoms with van der Waals surface area (Å²) in [4.78, 5) is 46.5. The van der Waals surface area contributed by atoms with E-state index in [2.05, 4.69) is 16.4 Å². The molecule has 3 atom stereocenters. The van der Waals surface area contributed by atoms with E-state index in [4.69, 9.17) is 0 Å². The summed E-state index contributed by atoms with van der Waals surface area (Å²) in [6.07, 6.45) is 0.678. The molecular weight excluding hydrogens is 462 g/mol. The predicted molar refractivity (Wildman–Crippen MR) is 134 cm³/mol. The molecule has 2 aliphatic heterocycles. The van der Waals surface area contributed by atoms with Crippen LogP contribution in [0.3, 0.4) is 0 Å². The molecule has 1 fully saturated rings. The lowest BCUT2D eigenvalue weighted by Gasteiger charge is -2.33. The van der Waals surface area contributed by atoms with Crippen LogP contribution in [0, 0.1) is 17.2 Å². The van der Waals surface area contributed by atoms with E-state index in [9.17, 15) is 19.6 Å². The van der Waals surface area contributed by atoms with E-state index in [1.54, 1.807) is 24.5 Å². The van der Waals surface area contributed by atoms with Crippen LogP contribution in [0.25, 0.3) is 10.2 Å². The van der Waals surface area contributed by atoms with E-state index in [1.807, 2.05) is 49.6 Å². The van der Waals surface area contributed by atoms with Crippen molar-refractivity contribution in [2.75, 3.05) is 18.9 Å². The maximum atomic E-state index is 13.9. The van der Waals surface area contributed by atoms with Gasteiger partial charge in [0.1, 0.15) is 17.8 Å². The van der Waals surface area contributed by atoms with Gasteiger partial charge in [-0.05, 0) is 41.5 Å². The molecule has 0 radical (unpaired) electrons. The van der Waals surface area contributed by atoms with Crippen LogP contribution in [0.5, 0.6) is 0 Å². The quantitative estimate of drug-likeness (QED) is 0.569. The molecule has 1 aromatic carbocycles. The largest absolute Gasteiger partial charge is 0.350 e. The number of carbonyl (C=O) groups is 3. The zero-order valence-electron chi connectivity index (χ0n) is 19.9. The molecule has 0 unspecified atom stereocenters. The number of nitrogens with one attached hydrogen (secondary N) is 2. The highest BCUT2D eigenvalue weighted by Gasteiger charge is 2.56. The zero-order chi connectivity index (χ0) is 24.9. The second-order valence-corrected chi connectivity index (χ2v) is 10.8. The Kier molecular flexibility index (Phi) is 5.64. The molecule has 3 aromatic rings. The second kappa shape index (κ2) is 8.54. The van der Waals surface area contributed by atoms with Gasteiger partial charge in [0.25, 0.3) is 5.91 Å². The first-order valence-corrected chi connectivity index (χ1v) is 12.6. The van der Waals surface area contributed by atoms with E-state index in [1.165, 1.54) is 9.80 Å². The average molecular weight is 490 g/mol. The van der Waals surface area contributed by atoms with Crippen molar-refractivity contribution < 1.29 is 14.4 Å². The van der Waals surface area contributed by atoms with Gasteiger partial charge in [0.15, 0.2) is 0 Å². The van der Waals surface area contributed by atoms with Gasteiger partial charge >= 0.3 is 0 Å². The number of nitrogens with zero attached hydrogens (tertiary/aromatic N) is 3. The summed E-state index contributed by atoms with van der Waals surface area (Å²) in [5.74, 6) is -0.633. The Hall–Kier alpha value is -3.64. The van der Waals surface area contributed by atoms with Crippen molar-refractivity contribution in [1.82, 2.24) is 14.8 Å². The van der Waals surface area contributed by atoms with Crippen LogP contribution in [0.15, 0.2) is 41.8 Å². The van der Waals surface area contributed by atoms with Crippen molar-refractivity contribution in [3.63, 3.8) is 0 Å². The summed E-state index contributed by atoms with van der Waals surface area (Å²) in [6.45, 7) is 4.11. The van der Waals surface area contributed by atoms with Crippen LogP contribution >= 0.6 is 11.3 Å². The summed E-state index contributed by atoms with van der Waals surface area (Å²) in [5.41, 5.74) is 1.89. The van der Waals surface area contributed by atoms with Crippen molar-refractivity contribution in [3.8, 4) is 6.07 Å². The van der Waals surface area contributed by atoms with Crippen molar-refractivity contribution in [3.05, 3.63) is 53.0 Å². The molecule has 9 heteroatoms. The first-order chi connectivity index (χ1) is 16.7. The van der Waals surface area contributed by atoms with Crippen LogP contribution in [0.1, 0.15) is 42.7 Å². The normalized spacial score (nSPS) is 21.9. The smallest absolute Gasteiger partial charge is 0.270 e. The molecule has 8 nitrogen and oxygen atoms in total. The lowest BCUT2D eigenvalue weighted by molar-refractivity contribution is -0.136. The topological polar surface area (TPSA) is 109 Å². The Bertz CT molecular complexity index is 1340. The molecule has 0 aliphatic carbocycles. The number of aromatic nitrogens is 1. The lowest BCUT2D eigenvalue weighted by Crippen LogP contribution is -2.52.